The van der Waals surface area contributed by atoms with Crippen molar-refractivity contribution in [3.8, 4) is 0 Å². The fourth-order valence-electron chi connectivity index (χ4n) is 1.45. The highest BCUT2D eigenvalue weighted by molar-refractivity contribution is 7.07. The molecular formula is C9H16N4S. The Hall–Kier alpha value is -0.940. The summed E-state index contributed by atoms with van der Waals surface area (Å²) in [5.41, 5.74) is 8.36. The molecule has 78 valence electrons. The molecule has 0 aromatic carbocycles. The van der Waals surface area contributed by atoms with Crippen LogP contribution in [0.2, 0.25) is 0 Å². The van der Waals surface area contributed by atoms with Crippen molar-refractivity contribution in [2.45, 2.75) is 25.9 Å². The third-order valence-electron chi connectivity index (χ3n) is 2.17. The third kappa shape index (κ3) is 2.78. The van der Waals surface area contributed by atoms with Crippen molar-refractivity contribution in [3.63, 3.8) is 0 Å². The van der Waals surface area contributed by atoms with Crippen LogP contribution in [0.1, 0.15) is 19.0 Å². The smallest absolute Gasteiger partial charge is 0.108 e. The van der Waals surface area contributed by atoms with Gasteiger partial charge in [-0.3, -0.25) is 10.3 Å². The van der Waals surface area contributed by atoms with Crippen LogP contribution in [0.4, 0.5) is 0 Å². The molecule has 1 aromatic rings. The van der Waals surface area contributed by atoms with E-state index >= 15 is 0 Å². The normalized spacial score (nSPS) is 13.1. The van der Waals surface area contributed by atoms with Gasteiger partial charge in [0.05, 0.1) is 17.2 Å². The fourth-order valence-corrected chi connectivity index (χ4v) is 2.00. The molecule has 1 atom stereocenters. The monoisotopic (exact) mass is 212 g/mol. The molecule has 5 heteroatoms. The van der Waals surface area contributed by atoms with Crippen molar-refractivity contribution in [2.75, 3.05) is 7.05 Å². The van der Waals surface area contributed by atoms with Crippen molar-refractivity contribution in [1.82, 2.24) is 9.88 Å². The Bertz CT molecular complexity index is 283. The van der Waals surface area contributed by atoms with Crippen LogP contribution >= 0.6 is 11.3 Å². The van der Waals surface area contributed by atoms with Crippen LogP contribution in [0.15, 0.2) is 10.9 Å². The van der Waals surface area contributed by atoms with Crippen molar-refractivity contribution < 1.29 is 0 Å². The van der Waals surface area contributed by atoms with E-state index in [-0.39, 0.29) is 11.9 Å². The Morgan fingerprint density at radius 1 is 1.79 bits per heavy atom. The van der Waals surface area contributed by atoms with E-state index in [1.165, 1.54) is 0 Å². The van der Waals surface area contributed by atoms with E-state index in [1.54, 1.807) is 11.3 Å². The zero-order valence-corrected chi connectivity index (χ0v) is 9.34. The van der Waals surface area contributed by atoms with Crippen molar-refractivity contribution >= 4 is 17.2 Å². The minimum Gasteiger partial charge on any atom is -0.386 e. The maximum Gasteiger partial charge on any atom is 0.108 e. The average Bonchev–Trinajstić information content (AvgIpc) is 2.57. The number of nitrogens with one attached hydrogen (secondary N) is 1. The Labute approximate surface area is 88.3 Å². The highest BCUT2D eigenvalue weighted by atomic mass is 32.1. The van der Waals surface area contributed by atoms with Gasteiger partial charge < -0.3 is 5.73 Å². The van der Waals surface area contributed by atoms with Crippen molar-refractivity contribution in [1.29, 1.82) is 5.41 Å². The SMILES string of the molecule is CCC(C(=N)N)N(C)Cc1cscn1. The predicted octanol–water partition coefficient (Wildman–Crippen LogP) is 1.29. The summed E-state index contributed by atoms with van der Waals surface area (Å²) in [6.45, 7) is 2.78. The van der Waals surface area contributed by atoms with Crippen LogP contribution in [-0.2, 0) is 6.54 Å². The zero-order chi connectivity index (χ0) is 10.6. The molecular weight excluding hydrogens is 196 g/mol. The van der Waals surface area contributed by atoms with Crippen LogP contribution in [0, 0.1) is 5.41 Å². The second kappa shape index (κ2) is 5.07. The summed E-state index contributed by atoms with van der Waals surface area (Å²) in [4.78, 5) is 6.25. The van der Waals surface area contributed by atoms with E-state index in [4.69, 9.17) is 11.1 Å². The topological polar surface area (TPSA) is 66.0 Å². The minimum atomic E-state index is 0.0247. The summed E-state index contributed by atoms with van der Waals surface area (Å²) in [5, 5.41) is 9.45. The first-order chi connectivity index (χ1) is 6.65. The average molecular weight is 212 g/mol. The quantitative estimate of drug-likeness (QED) is 0.571. The fraction of sp³-hybridized carbons (Fsp3) is 0.556. The maximum atomic E-state index is 7.43. The van der Waals surface area contributed by atoms with Gasteiger partial charge in [-0.2, -0.15) is 0 Å². The maximum absolute atomic E-state index is 7.43. The largest absolute Gasteiger partial charge is 0.386 e. The van der Waals surface area contributed by atoms with Gasteiger partial charge in [0.2, 0.25) is 0 Å². The molecule has 4 nitrogen and oxygen atoms in total. The van der Waals surface area contributed by atoms with Crippen LogP contribution in [-0.4, -0.2) is 28.8 Å². The number of hydrogen-bond donors (Lipinski definition) is 2. The van der Waals surface area contributed by atoms with Crippen LogP contribution < -0.4 is 5.73 Å². The first-order valence-corrected chi connectivity index (χ1v) is 5.50. The molecule has 0 amide bonds. The summed E-state index contributed by atoms with van der Waals surface area (Å²) in [6, 6.07) is 0.0247. The number of thiazole rings is 1. The summed E-state index contributed by atoms with van der Waals surface area (Å²) in [6.07, 6.45) is 0.857. The number of rotatable bonds is 5. The molecule has 0 bridgehead atoms. The van der Waals surface area contributed by atoms with E-state index in [0.717, 1.165) is 18.7 Å². The van der Waals surface area contributed by atoms with E-state index in [1.807, 2.05) is 24.9 Å². The third-order valence-corrected chi connectivity index (χ3v) is 2.81. The first kappa shape index (κ1) is 11.1. The first-order valence-electron chi connectivity index (χ1n) is 4.56. The molecule has 0 aliphatic rings. The van der Waals surface area contributed by atoms with Crippen molar-refractivity contribution in [3.05, 3.63) is 16.6 Å². The van der Waals surface area contributed by atoms with Gasteiger partial charge in [0.15, 0.2) is 0 Å². The van der Waals surface area contributed by atoms with Gasteiger partial charge in [-0.25, -0.2) is 4.98 Å². The number of aromatic nitrogens is 1. The molecule has 0 aliphatic heterocycles. The van der Waals surface area contributed by atoms with Gasteiger partial charge in [0, 0.05) is 11.9 Å². The molecule has 1 unspecified atom stereocenters. The number of nitrogens with zero attached hydrogens (tertiary/aromatic N) is 2. The Balaban J connectivity index is 2.56. The van der Waals surface area contributed by atoms with Gasteiger partial charge in [-0.1, -0.05) is 6.92 Å². The number of likely N-dealkylation sites (N-methyl/N-ethyl adjacent to an activating group) is 1. The molecule has 0 saturated carbocycles. The molecule has 0 aliphatic carbocycles. The van der Waals surface area contributed by atoms with E-state index in [9.17, 15) is 0 Å². The molecule has 1 aromatic heterocycles. The lowest BCUT2D eigenvalue weighted by Crippen LogP contribution is -2.41. The van der Waals surface area contributed by atoms with Gasteiger partial charge in [0.1, 0.15) is 5.84 Å². The summed E-state index contributed by atoms with van der Waals surface area (Å²) >= 11 is 1.59. The van der Waals surface area contributed by atoms with Crippen molar-refractivity contribution in [2.24, 2.45) is 5.73 Å². The van der Waals surface area contributed by atoms with Gasteiger partial charge >= 0.3 is 0 Å². The standard InChI is InChI=1S/C9H16N4S/c1-3-8(9(10)11)13(2)4-7-5-14-6-12-7/h5-6,8H,3-4H2,1-2H3,(H3,10,11). The van der Waals surface area contributed by atoms with Gasteiger partial charge in [-0.05, 0) is 13.5 Å². The molecule has 0 spiro atoms. The van der Waals surface area contributed by atoms with Gasteiger partial charge in [0.25, 0.3) is 0 Å². The lowest BCUT2D eigenvalue weighted by atomic mass is 10.2. The minimum absolute atomic E-state index is 0.0247. The van der Waals surface area contributed by atoms with Gasteiger partial charge in [-0.15, -0.1) is 11.3 Å². The summed E-state index contributed by atoms with van der Waals surface area (Å²) < 4.78 is 0. The predicted molar refractivity (Wildman–Crippen MR) is 59.6 cm³/mol. The molecule has 1 heterocycles. The second-order valence-corrected chi connectivity index (χ2v) is 3.99. The highest BCUT2D eigenvalue weighted by Gasteiger charge is 2.15. The number of hydrogen-bond acceptors (Lipinski definition) is 4. The Morgan fingerprint density at radius 2 is 2.50 bits per heavy atom. The molecule has 1 rings (SSSR count). The number of amidine groups is 1. The second-order valence-electron chi connectivity index (χ2n) is 3.27. The van der Waals surface area contributed by atoms with Crippen LogP contribution in [0.3, 0.4) is 0 Å². The van der Waals surface area contributed by atoms with E-state index in [2.05, 4.69) is 9.88 Å². The highest BCUT2D eigenvalue weighted by Crippen LogP contribution is 2.08. The lowest BCUT2D eigenvalue weighted by Gasteiger charge is -2.24. The lowest BCUT2D eigenvalue weighted by molar-refractivity contribution is 0.278. The summed E-state index contributed by atoms with van der Waals surface area (Å²) in [7, 11) is 1.97. The molecule has 0 radical (unpaired) electrons. The van der Waals surface area contributed by atoms with Crippen LogP contribution in [0.5, 0.6) is 0 Å². The number of nitrogens with two attached hydrogens (primary N) is 1. The Kier molecular flexibility index (Phi) is 4.03. The molecule has 3 N–H and O–H groups in total. The zero-order valence-electron chi connectivity index (χ0n) is 8.53. The summed E-state index contributed by atoms with van der Waals surface area (Å²) in [5.74, 6) is 0.227. The van der Waals surface area contributed by atoms with E-state index < -0.39 is 0 Å². The molecule has 14 heavy (non-hydrogen) atoms. The Morgan fingerprint density at radius 3 is 2.93 bits per heavy atom. The molecule has 0 fully saturated rings. The van der Waals surface area contributed by atoms with Crippen LogP contribution in [0.25, 0.3) is 0 Å². The molecule has 0 saturated heterocycles. The van der Waals surface area contributed by atoms with E-state index in [0.29, 0.717) is 0 Å².